The number of pyridine rings is 1. The number of hydrogen-bond acceptors (Lipinski definition) is 6. The standard InChI is InChI=1S/C14H21N5O2/c1-4-5-18(10-14(2,3)9-16)13-11(7-15)6-12(8-17-13)19(20)21/h6,8H,4-5,9-10,16H2,1-3H3. The first-order valence-electron chi connectivity index (χ1n) is 6.84. The van der Waals surface area contributed by atoms with Crippen LogP contribution in [-0.2, 0) is 0 Å². The topological polar surface area (TPSA) is 109 Å². The lowest BCUT2D eigenvalue weighted by molar-refractivity contribution is -0.385. The molecular formula is C14H21N5O2. The lowest BCUT2D eigenvalue weighted by Gasteiger charge is -2.32. The molecule has 1 heterocycles. The number of nitrogens with two attached hydrogens (primary N) is 1. The molecule has 0 amide bonds. The predicted molar refractivity (Wildman–Crippen MR) is 80.9 cm³/mol. The monoisotopic (exact) mass is 291 g/mol. The quantitative estimate of drug-likeness (QED) is 0.608. The fourth-order valence-corrected chi connectivity index (χ4v) is 1.99. The third-order valence-corrected chi connectivity index (χ3v) is 3.15. The Balaban J connectivity index is 3.19. The van der Waals surface area contributed by atoms with E-state index < -0.39 is 4.92 Å². The molecule has 0 bridgehead atoms. The Kier molecular flexibility index (Phi) is 5.61. The van der Waals surface area contributed by atoms with Crippen molar-refractivity contribution in [1.82, 2.24) is 4.98 Å². The minimum Gasteiger partial charge on any atom is -0.355 e. The maximum atomic E-state index is 10.8. The van der Waals surface area contributed by atoms with Crippen LogP contribution >= 0.6 is 0 Å². The molecule has 0 aromatic carbocycles. The molecule has 2 N–H and O–H groups in total. The summed E-state index contributed by atoms with van der Waals surface area (Å²) in [5, 5.41) is 20.0. The highest BCUT2D eigenvalue weighted by Crippen LogP contribution is 2.25. The lowest BCUT2D eigenvalue weighted by atomic mass is 9.93. The number of nitrogens with zero attached hydrogens (tertiary/aromatic N) is 4. The summed E-state index contributed by atoms with van der Waals surface area (Å²) < 4.78 is 0. The van der Waals surface area contributed by atoms with Gasteiger partial charge in [0.05, 0.1) is 4.92 Å². The first-order valence-corrected chi connectivity index (χ1v) is 6.84. The molecule has 0 atom stereocenters. The Bertz CT molecular complexity index is 551. The summed E-state index contributed by atoms with van der Waals surface area (Å²) in [6.07, 6.45) is 2.07. The van der Waals surface area contributed by atoms with Crippen LogP contribution in [0.2, 0.25) is 0 Å². The molecule has 1 aromatic rings. The number of nitro groups is 1. The van der Waals surface area contributed by atoms with Crippen LogP contribution in [0.25, 0.3) is 0 Å². The molecule has 1 aromatic heterocycles. The third-order valence-electron chi connectivity index (χ3n) is 3.15. The second kappa shape index (κ2) is 6.99. The van der Waals surface area contributed by atoms with Gasteiger partial charge in [-0.15, -0.1) is 0 Å². The van der Waals surface area contributed by atoms with Crippen molar-refractivity contribution < 1.29 is 4.92 Å². The fraction of sp³-hybridized carbons (Fsp3) is 0.571. The predicted octanol–water partition coefficient (Wildman–Crippen LogP) is 2.06. The number of rotatable bonds is 7. The van der Waals surface area contributed by atoms with E-state index in [9.17, 15) is 15.4 Å². The van der Waals surface area contributed by atoms with Gasteiger partial charge < -0.3 is 10.6 Å². The summed E-state index contributed by atoms with van der Waals surface area (Å²) >= 11 is 0. The molecule has 0 radical (unpaired) electrons. The minimum atomic E-state index is -0.550. The lowest BCUT2D eigenvalue weighted by Crippen LogP contribution is -2.40. The Hall–Kier alpha value is -2.20. The van der Waals surface area contributed by atoms with E-state index in [4.69, 9.17) is 5.73 Å². The molecule has 0 unspecified atom stereocenters. The molecule has 0 spiro atoms. The van der Waals surface area contributed by atoms with Gasteiger partial charge in [-0.2, -0.15) is 5.26 Å². The van der Waals surface area contributed by atoms with Gasteiger partial charge in [0.1, 0.15) is 23.6 Å². The zero-order chi connectivity index (χ0) is 16.0. The Morgan fingerprint density at radius 2 is 2.24 bits per heavy atom. The van der Waals surface area contributed by atoms with Gasteiger partial charge in [0.2, 0.25) is 0 Å². The molecule has 0 fully saturated rings. The van der Waals surface area contributed by atoms with Crippen LogP contribution in [0.5, 0.6) is 0 Å². The minimum absolute atomic E-state index is 0.134. The highest BCUT2D eigenvalue weighted by atomic mass is 16.6. The SMILES string of the molecule is CCCN(CC(C)(C)CN)c1ncc([N+](=O)[O-])cc1C#N. The van der Waals surface area contributed by atoms with Crippen LogP contribution in [0.15, 0.2) is 12.3 Å². The molecular weight excluding hydrogens is 270 g/mol. The largest absolute Gasteiger partial charge is 0.355 e. The van der Waals surface area contributed by atoms with Crippen molar-refractivity contribution in [2.75, 3.05) is 24.5 Å². The zero-order valence-electron chi connectivity index (χ0n) is 12.7. The molecule has 0 saturated carbocycles. The van der Waals surface area contributed by atoms with Crippen molar-refractivity contribution in [1.29, 1.82) is 5.26 Å². The van der Waals surface area contributed by atoms with Crippen LogP contribution in [0.3, 0.4) is 0 Å². The molecule has 7 heteroatoms. The number of nitriles is 1. The zero-order valence-corrected chi connectivity index (χ0v) is 12.7. The van der Waals surface area contributed by atoms with Crippen LogP contribution in [0.4, 0.5) is 11.5 Å². The molecule has 1 rings (SSSR count). The van der Waals surface area contributed by atoms with Gasteiger partial charge in [-0.1, -0.05) is 20.8 Å². The van der Waals surface area contributed by atoms with Crippen LogP contribution in [0.1, 0.15) is 32.8 Å². The van der Waals surface area contributed by atoms with Crippen molar-refractivity contribution in [3.05, 3.63) is 27.9 Å². The Morgan fingerprint density at radius 3 is 2.71 bits per heavy atom. The highest BCUT2D eigenvalue weighted by Gasteiger charge is 2.23. The van der Waals surface area contributed by atoms with E-state index >= 15 is 0 Å². The van der Waals surface area contributed by atoms with Crippen molar-refractivity contribution in [3.8, 4) is 6.07 Å². The van der Waals surface area contributed by atoms with Gasteiger partial charge in [0.25, 0.3) is 5.69 Å². The van der Waals surface area contributed by atoms with Gasteiger partial charge >= 0.3 is 0 Å². The van der Waals surface area contributed by atoms with Crippen LogP contribution < -0.4 is 10.6 Å². The van der Waals surface area contributed by atoms with Crippen molar-refractivity contribution in [2.45, 2.75) is 27.2 Å². The van der Waals surface area contributed by atoms with Gasteiger partial charge in [-0.3, -0.25) is 10.1 Å². The van der Waals surface area contributed by atoms with E-state index in [0.29, 0.717) is 25.5 Å². The molecule has 0 aliphatic carbocycles. The summed E-state index contributed by atoms with van der Waals surface area (Å²) in [6, 6.07) is 3.26. The summed E-state index contributed by atoms with van der Waals surface area (Å²) in [4.78, 5) is 16.3. The first kappa shape index (κ1) is 16.9. The maximum Gasteiger partial charge on any atom is 0.289 e. The van der Waals surface area contributed by atoms with E-state index in [2.05, 4.69) is 4.98 Å². The second-order valence-corrected chi connectivity index (χ2v) is 5.72. The van der Waals surface area contributed by atoms with Crippen molar-refractivity contribution in [3.63, 3.8) is 0 Å². The smallest absolute Gasteiger partial charge is 0.289 e. The van der Waals surface area contributed by atoms with Crippen molar-refractivity contribution >= 4 is 11.5 Å². The van der Waals surface area contributed by atoms with E-state index in [1.165, 1.54) is 12.3 Å². The third kappa shape index (κ3) is 4.39. The van der Waals surface area contributed by atoms with Crippen LogP contribution in [0, 0.1) is 26.9 Å². The summed E-state index contributed by atoms with van der Waals surface area (Å²) in [7, 11) is 0. The second-order valence-electron chi connectivity index (χ2n) is 5.72. The van der Waals surface area contributed by atoms with E-state index in [1.807, 2.05) is 31.7 Å². The number of anilines is 1. The molecule has 7 nitrogen and oxygen atoms in total. The Labute approximate surface area is 124 Å². The summed E-state index contributed by atoms with van der Waals surface area (Å²) in [5.74, 6) is 0.478. The van der Waals surface area contributed by atoms with E-state index in [-0.39, 0.29) is 16.7 Å². The molecule has 0 saturated heterocycles. The first-order chi connectivity index (χ1) is 9.84. The molecule has 0 aliphatic heterocycles. The van der Waals surface area contributed by atoms with Gasteiger partial charge in [0, 0.05) is 19.2 Å². The molecule has 21 heavy (non-hydrogen) atoms. The number of aromatic nitrogens is 1. The normalized spacial score (nSPS) is 11.0. The van der Waals surface area contributed by atoms with E-state index in [1.54, 1.807) is 0 Å². The molecule has 0 aliphatic rings. The molecule has 114 valence electrons. The summed E-state index contributed by atoms with van der Waals surface area (Å²) in [6.45, 7) is 7.95. The van der Waals surface area contributed by atoms with Crippen LogP contribution in [-0.4, -0.2) is 29.5 Å². The highest BCUT2D eigenvalue weighted by molar-refractivity contribution is 5.57. The van der Waals surface area contributed by atoms with E-state index in [0.717, 1.165) is 6.42 Å². The average Bonchev–Trinajstić information content (AvgIpc) is 2.45. The van der Waals surface area contributed by atoms with Gasteiger partial charge in [-0.05, 0) is 18.4 Å². The Morgan fingerprint density at radius 1 is 1.57 bits per heavy atom. The van der Waals surface area contributed by atoms with Gasteiger partial charge in [0.15, 0.2) is 0 Å². The average molecular weight is 291 g/mol. The maximum absolute atomic E-state index is 10.8. The fourth-order valence-electron chi connectivity index (χ4n) is 1.99. The summed E-state index contributed by atoms with van der Waals surface area (Å²) in [5.41, 5.74) is 5.67. The van der Waals surface area contributed by atoms with Gasteiger partial charge in [-0.25, -0.2) is 4.98 Å². The number of hydrogen-bond donors (Lipinski definition) is 1. The van der Waals surface area contributed by atoms with Crippen molar-refractivity contribution in [2.24, 2.45) is 11.1 Å².